The van der Waals surface area contributed by atoms with Gasteiger partial charge in [0.05, 0.1) is 42.7 Å². The second-order valence-corrected chi connectivity index (χ2v) is 17.0. The fourth-order valence-corrected chi connectivity index (χ4v) is 8.67. The molecule has 1 unspecified atom stereocenters. The summed E-state index contributed by atoms with van der Waals surface area (Å²) in [5, 5.41) is 11.3. The van der Waals surface area contributed by atoms with Crippen molar-refractivity contribution in [2.24, 2.45) is 11.1 Å². The van der Waals surface area contributed by atoms with E-state index in [0.717, 1.165) is 36.9 Å². The minimum absolute atomic E-state index is 0.000447. The molecule has 2 N–H and O–H groups in total. The lowest BCUT2D eigenvalue weighted by atomic mass is 9.86. The van der Waals surface area contributed by atoms with Gasteiger partial charge in [0.1, 0.15) is 12.1 Å². The summed E-state index contributed by atoms with van der Waals surface area (Å²) >= 11 is 6.30. The number of Topliss-reactive ketones (excluding diaryl/α,β-unsaturated/α-hetero) is 1. The van der Waals surface area contributed by atoms with Crippen molar-refractivity contribution in [3.05, 3.63) is 47.1 Å². The Bertz CT molecular complexity index is 1620. The first-order chi connectivity index (χ1) is 26.3. The summed E-state index contributed by atoms with van der Waals surface area (Å²) in [6, 6.07) is 4.32. The van der Waals surface area contributed by atoms with Crippen molar-refractivity contribution in [1.29, 1.82) is 0 Å². The molecule has 4 heterocycles. The van der Waals surface area contributed by atoms with Gasteiger partial charge in [-0.2, -0.15) is 0 Å². The van der Waals surface area contributed by atoms with Crippen LogP contribution in [0.25, 0.3) is 0 Å². The number of methoxy groups -OCH3 is 1. The van der Waals surface area contributed by atoms with Gasteiger partial charge in [0, 0.05) is 55.9 Å². The van der Waals surface area contributed by atoms with Crippen LogP contribution in [0.2, 0.25) is 5.02 Å². The molecule has 0 aromatic heterocycles. The molecule has 13 nitrogen and oxygen atoms in total. The van der Waals surface area contributed by atoms with Crippen molar-refractivity contribution in [2.75, 3.05) is 40.0 Å². The zero-order valence-electron chi connectivity index (χ0n) is 32.8. The van der Waals surface area contributed by atoms with Crippen LogP contribution in [0.3, 0.4) is 0 Å². The van der Waals surface area contributed by atoms with Gasteiger partial charge in [-0.25, -0.2) is 0 Å². The van der Waals surface area contributed by atoms with Gasteiger partial charge in [-0.15, -0.1) is 0 Å². The Labute approximate surface area is 329 Å². The van der Waals surface area contributed by atoms with Crippen LogP contribution in [-0.4, -0.2) is 121 Å². The van der Waals surface area contributed by atoms with Gasteiger partial charge < -0.3 is 39.5 Å². The monoisotopic (exact) mass is 783 g/mol. The summed E-state index contributed by atoms with van der Waals surface area (Å²) < 4.78 is 17.3. The number of hydrogen-bond acceptors (Lipinski definition) is 10. The molecule has 1 aromatic carbocycles. The molecular formula is C41H58ClN5O8. The van der Waals surface area contributed by atoms with E-state index in [1.165, 1.54) is 29.1 Å². The molecule has 14 heteroatoms. The Morgan fingerprint density at radius 3 is 2.55 bits per heavy atom. The van der Waals surface area contributed by atoms with Crippen molar-refractivity contribution in [3.8, 4) is 0 Å². The van der Waals surface area contributed by atoms with Gasteiger partial charge in [0.15, 0.2) is 5.60 Å². The van der Waals surface area contributed by atoms with Gasteiger partial charge in [-0.05, 0) is 51.2 Å². The van der Waals surface area contributed by atoms with Crippen LogP contribution in [-0.2, 0) is 38.2 Å². The number of rotatable bonds is 16. The zero-order valence-corrected chi connectivity index (χ0v) is 33.5. The number of amides is 3. The van der Waals surface area contributed by atoms with E-state index in [-0.39, 0.29) is 37.5 Å². The molecule has 1 saturated carbocycles. The maximum atomic E-state index is 14.9. The third-order valence-corrected chi connectivity index (χ3v) is 12.1. The first-order valence-corrected chi connectivity index (χ1v) is 20.4. The first kappa shape index (κ1) is 41.1. The summed E-state index contributed by atoms with van der Waals surface area (Å²) in [5.74, 6) is -1.75. The minimum Gasteiger partial charge on any atom is -0.387 e. The molecule has 1 aliphatic carbocycles. The number of ketones is 1. The highest BCUT2D eigenvalue weighted by molar-refractivity contribution is 6.38. The standard InChI is InChI=1S/C41H58ClN5O8/c1-6-11-32(35(48)38(50)46-22-31(23-46)54-30-16-17-53-24-30)44-37(49)34-21-41(20-33(45-55-41)28-14-10-15-29(42)19-28)25-47(34)39(51)36(40(3,4)52-5)43-26(2)18-27-12-8-7-9-13-27/h10,14-15,19,27,30-32,34,36,43H,2,6-9,11-13,16-18,20-25H2,1,3-5H3,(H,44,49)/t30?,32-,34-,36+,41+/m0/s1. The first-order valence-electron chi connectivity index (χ1n) is 20.0. The number of halogens is 1. The molecule has 4 aliphatic heterocycles. The number of carbonyl (C=O) groups excluding carboxylic acids is 4. The Morgan fingerprint density at radius 2 is 1.87 bits per heavy atom. The topological polar surface area (TPSA) is 148 Å². The molecule has 5 atom stereocenters. The van der Waals surface area contributed by atoms with Crippen LogP contribution >= 0.6 is 11.6 Å². The second-order valence-electron chi connectivity index (χ2n) is 16.6. The van der Waals surface area contributed by atoms with Gasteiger partial charge in [0.2, 0.25) is 17.6 Å². The number of carbonyl (C=O) groups is 4. The Morgan fingerprint density at radius 1 is 1.11 bits per heavy atom. The van der Waals surface area contributed by atoms with Gasteiger partial charge in [-0.3, -0.25) is 19.2 Å². The maximum absolute atomic E-state index is 14.9. The number of likely N-dealkylation sites (tertiary alicyclic amines) is 2. The Hall–Kier alpha value is -3.52. The van der Waals surface area contributed by atoms with Gasteiger partial charge >= 0.3 is 0 Å². The van der Waals surface area contributed by atoms with Crippen LogP contribution < -0.4 is 10.6 Å². The lowest BCUT2D eigenvalue weighted by Gasteiger charge is -2.40. The molecule has 302 valence electrons. The SMILES string of the molecule is C=C(CC1CCCCC1)N[C@H](C(=O)N1C[C@@]2(CC(c3cccc(Cl)c3)=NO2)C[C@H]1C(=O)N[C@@H](CCC)C(=O)C(=O)N1CC(OC2CCOC2)C1)C(C)(C)OC. The van der Waals surface area contributed by atoms with Crippen molar-refractivity contribution in [3.63, 3.8) is 0 Å². The molecule has 5 aliphatic rings. The van der Waals surface area contributed by atoms with Gasteiger partial charge in [0.25, 0.3) is 5.91 Å². The van der Waals surface area contributed by atoms with Crippen LogP contribution in [0, 0.1) is 5.92 Å². The second kappa shape index (κ2) is 17.7. The molecular weight excluding hydrogens is 726 g/mol. The number of hydrogen-bond donors (Lipinski definition) is 2. The zero-order chi connectivity index (χ0) is 39.3. The fraction of sp³-hybridized carbons (Fsp3) is 0.683. The molecule has 6 rings (SSSR count). The minimum atomic E-state index is -1.07. The highest BCUT2D eigenvalue weighted by Crippen LogP contribution is 2.40. The number of nitrogens with one attached hydrogen (secondary N) is 2. The average molecular weight is 784 g/mol. The average Bonchev–Trinajstić information content (AvgIpc) is 3.92. The Balaban J connectivity index is 1.20. The van der Waals surface area contributed by atoms with Crippen molar-refractivity contribution in [2.45, 2.75) is 133 Å². The highest BCUT2D eigenvalue weighted by atomic mass is 35.5. The number of ether oxygens (including phenoxy) is 3. The van der Waals surface area contributed by atoms with Crippen molar-refractivity contribution in [1.82, 2.24) is 20.4 Å². The molecule has 1 aromatic rings. The highest BCUT2D eigenvalue weighted by Gasteiger charge is 2.56. The van der Waals surface area contributed by atoms with Crippen molar-refractivity contribution >= 4 is 40.8 Å². The van der Waals surface area contributed by atoms with Crippen LogP contribution in [0.1, 0.15) is 97.0 Å². The van der Waals surface area contributed by atoms with Crippen molar-refractivity contribution < 1.29 is 38.2 Å². The lowest BCUT2D eigenvalue weighted by Crippen LogP contribution is -2.62. The summed E-state index contributed by atoms with van der Waals surface area (Å²) in [6.07, 6.45) is 8.52. The molecule has 3 saturated heterocycles. The predicted molar refractivity (Wildman–Crippen MR) is 207 cm³/mol. The largest absolute Gasteiger partial charge is 0.387 e. The normalized spacial score (nSPS) is 25.6. The maximum Gasteiger partial charge on any atom is 0.292 e. The van der Waals surface area contributed by atoms with E-state index >= 15 is 0 Å². The van der Waals surface area contributed by atoms with E-state index in [4.69, 9.17) is 30.6 Å². The summed E-state index contributed by atoms with van der Waals surface area (Å²) in [5.41, 5.74) is 0.199. The van der Waals surface area contributed by atoms with E-state index in [1.807, 2.05) is 32.9 Å². The number of benzene rings is 1. The quantitative estimate of drug-likeness (QED) is 0.231. The van der Waals surface area contributed by atoms with E-state index in [9.17, 15) is 19.2 Å². The predicted octanol–water partition coefficient (Wildman–Crippen LogP) is 4.54. The number of allylic oxidation sites excluding steroid dienone is 1. The van der Waals surface area contributed by atoms with E-state index in [2.05, 4.69) is 22.4 Å². The summed E-state index contributed by atoms with van der Waals surface area (Å²) in [4.78, 5) is 65.5. The molecule has 1 spiro atoms. The Kier molecular flexibility index (Phi) is 13.3. The van der Waals surface area contributed by atoms with Crippen LogP contribution in [0.5, 0.6) is 0 Å². The van der Waals surface area contributed by atoms with E-state index in [1.54, 1.807) is 19.2 Å². The molecule has 0 radical (unpaired) electrons. The molecule has 4 fully saturated rings. The van der Waals surface area contributed by atoms with Crippen LogP contribution in [0.15, 0.2) is 41.7 Å². The third kappa shape index (κ3) is 9.72. The van der Waals surface area contributed by atoms with E-state index < -0.39 is 46.9 Å². The van der Waals surface area contributed by atoms with E-state index in [0.29, 0.717) is 55.8 Å². The summed E-state index contributed by atoms with van der Waals surface area (Å²) in [6.45, 7) is 11.7. The summed E-state index contributed by atoms with van der Waals surface area (Å²) in [7, 11) is 1.56. The lowest BCUT2D eigenvalue weighted by molar-refractivity contribution is -0.158. The molecule has 0 bridgehead atoms. The third-order valence-electron chi connectivity index (χ3n) is 11.9. The fourth-order valence-electron chi connectivity index (χ4n) is 8.48. The number of oxime groups is 1. The smallest absolute Gasteiger partial charge is 0.292 e. The molecule has 55 heavy (non-hydrogen) atoms. The van der Waals surface area contributed by atoms with Crippen LogP contribution in [0.4, 0.5) is 0 Å². The number of nitrogens with zero attached hydrogens (tertiary/aromatic N) is 3. The molecule has 3 amide bonds. The van der Waals surface area contributed by atoms with Gasteiger partial charge in [-0.1, -0.05) is 80.9 Å².